The zero-order chi connectivity index (χ0) is 21.0. The number of hydrogen-bond donors (Lipinski definition) is 2. The van der Waals surface area contributed by atoms with E-state index in [0.717, 1.165) is 17.3 Å². The molecule has 0 spiro atoms. The maximum Gasteiger partial charge on any atom is 0.240 e. The number of benzene rings is 2. The Morgan fingerprint density at radius 3 is 2.55 bits per heavy atom. The van der Waals surface area contributed by atoms with Crippen LogP contribution in [0.4, 0.5) is 5.69 Å². The molecular formula is C19H15Cl3N4O2S. The standard InChI is InChI=1S/C19H15Cl3N4O2S/c1-10(11-2-4-12(20)5-3-11)25-26-19-24-18(28)16(29-19)9-17(27)23-13-6-7-14(21)15(22)8-13/h2-8,16H,9H2,1H3,(H,23,27)(H,24,26,28)/b25-10+. The largest absolute Gasteiger partial charge is 0.326 e. The van der Waals surface area contributed by atoms with Gasteiger partial charge < -0.3 is 10.6 Å². The molecule has 1 aliphatic rings. The molecule has 1 fully saturated rings. The highest BCUT2D eigenvalue weighted by atomic mass is 35.5. The molecule has 1 unspecified atom stereocenters. The molecule has 29 heavy (non-hydrogen) atoms. The average Bonchev–Trinajstić information content (AvgIpc) is 3.02. The predicted molar refractivity (Wildman–Crippen MR) is 120 cm³/mol. The van der Waals surface area contributed by atoms with Gasteiger partial charge in [-0.15, -0.1) is 5.10 Å². The van der Waals surface area contributed by atoms with Crippen molar-refractivity contribution in [3.8, 4) is 0 Å². The lowest BCUT2D eigenvalue weighted by atomic mass is 10.1. The van der Waals surface area contributed by atoms with Crippen LogP contribution in [0.15, 0.2) is 52.7 Å². The van der Waals surface area contributed by atoms with Crippen LogP contribution in [0.5, 0.6) is 0 Å². The molecule has 2 N–H and O–H groups in total. The van der Waals surface area contributed by atoms with E-state index in [9.17, 15) is 9.59 Å². The minimum absolute atomic E-state index is 0.0182. The Balaban J connectivity index is 1.59. The summed E-state index contributed by atoms with van der Waals surface area (Å²) >= 11 is 18.8. The van der Waals surface area contributed by atoms with Crippen molar-refractivity contribution in [2.24, 2.45) is 10.2 Å². The molecule has 2 aromatic rings. The van der Waals surface area contributed by atoms with Crippen LogP contribution in [0.25, 0.3) is 0 Å². The number of amides is 2. The molecule has 1 heterocycles. The van der Waals surface area contributed by atoms with Gasteiger partial charge in [0, 0.05) is 17.1 Å². The molecule has 150 valence electrons. The second-order valence-electron chi connectivity index (χ2n) is 6.07. The van der Waals surface area contributed by atoms with Crippen molar-refractivity contribution in [1.82, 2.24) is 5.32 Å². The van der Waals surface area contributed by atoms with Crippen molar-refractivity contribution < 1.29 is 9.59 Å². The van der Waals surface area contributed by atoms with Gasteiger partial charge >= 0.3 is 0 Å². The van der Waals surface area contributed by atoms with Crippen LogP contribution in [0.1, 0.15) is 18.9 Å². The molecule has 0 radical (unpaired) electrons. The number of thioether (sulfide) groups is 1. The Bertz CT molecular complexity index is 1010. The molecule has 10 heteroatoms. The summed E-state index contributed by atoms with van der Waals surface area (Å²) in [6.07, 6.45) is -0.0182. The number of rotatable bonds is 5. The Labute approximate surface area is 186 Å². The molecule has 6 nitrogen and oxygen atoms in total. The highest BCUT2D eigenvalue weighted by Crippen LogP contribution is 2.26. The normalized spacial score (nSPS) is 18.1. The molecular weight excluding hydrogens is 455 g/mol. The minimum Gasteiger partial charge on any atom is -0.326 e. The summed E-state index contributed by atoms with van der Waals surface area (Å²) in [5.41, 5.74) is 2.04. The lowest BCUT2D eigenvalue weighted by Crippen LogP contribution is -2.28. The molecule has 0 aromatic heterocycles. The lowest BCUT2D eigenvalue weighted by molar-refractivity contribution is -0.122. The zero-order valence-corrected chi connectivity index (χ0v) is 18.2. The predicted octanol–water partition coefficient (Wildman–Crippen LogP) is 4.99. The van der Waals surface area contributed by atoms with Crippen molar-refractivity contribution in [3.63, 3.8) is 0 Å². The first-order valence-corrected chi connectivity index (χ1v) is 10.4. The first-order valence-electron chi connectivity index (χ1n) is 8.42. The number of hydrogen-bond acceptors (Lipinski definition) is 5. The SMILES string of the molecule is C/C(=N\N=C1\NC(=O)C(CC(=O)Nc2ccc(Cl)c(Cl)c2)S1)c1ccc(Cl)cc1. The molecule has 0 bridgehead atoms. The van der Waals surface area contributed by atoms with Gasteiger partial charge in [-0.05, 0) is 42.8 Å². The fourth-order valence-corrected chi connectivity index (χ4v) is 3.75. The summed E-state index contributed by atoms with van der Waals surface area (Å²) in [6, 6.07) is 12.0. The Morgan fingerprint density at radius 2 is 1.86 bits per heavy atom. The number of nitrogens with zero attached hydrogens (tertiary/aromatic N) is 2. The maximum atomic E-state index is 12.2. The van der Waals surface area contributed by atoms with Gasteiger partial charge in [0.15, 0.2) is 5.17 Å². The van der Waals surface area contributed by atoms with E-state index in [-0.39, 0.29) is 18.2 Å². The molecule has 1 saturated heterocycles. The van der Waals surface area contributed by atoms with Crippen LogP contribution in [0, 0.1) is 0 Å². The van der Waals surface area contributed by atoms with Gasteiger partial charge in [0.2, 0.25) is 11.8 Å². The third-order valence-electron chi connectivity index (χ3n) is 3.90. The summed E-state index contributed by atoms with van der Waals surface area (Å²) in [6.45, 7) is 1.80. The van der Waals surface area contributed by atoms with Crippen molar-refractivity contribution >= 4 is 74.9 Å². The number of anilines is 1. The van der Waals surface area contributed by atoms with E-state index in [4.69, 9.17) is 34.8 Å². The number of nitrogens with one attached hydrogen (secondary N) is 2. The van der Waals surface area contributed by atoms with Crippen LogP contribution in [0.2, 0.25) is 15.1 Å². The van der Waals surface area contributed by atoms with Gasteiger partial charge in [-0.2, -0.15) is 5.10 Å². The third-order valence-corrected chi connectivity index (χ3v) is 5.97. The van der Waals surface area contributed by atoms with Crippen LogP contribution >= 0.6 is 46.6 Å². The molecule has 0 saturated carbocycles. The molecule has 3 rings (SSSR count). The summed E-state index contributed by atoms with van der Waals surface area (Å²) in [7, 11) is 0. The van der Waals surface area contributed by atoms with Gasteiger partial charge in [0.05, 0.1) is 15.8 Å². The number of carbonyl (C=O) groups is 2. The maximum absolute atomic E-state index is 12.2. The second kappa shape index (κ2) is 9.63. The quantitative estimate of drug-likeness (QED) is 0.478. The topological polar surface area (TPSA) is 82.9 Å². The van der Waals surface area contributed by atoms with E-state index in [1.807, 2.05) is 12.1 Å². The summed E-state index contributed by atoms with van der Waals surface area (Å²) < 4.78 is 0. The molecule has 2 aromatic carbocycles. The number of halogens is 3. The van der Waals surface area contributed by atoms with Crippen molar-refractivity contribution in [2.45, 2.75) is 18.6 Å². The summed E-state index contributed by atoms with van der Waals surface area (Å²) in [5, 5.41) is 14.6. The summed E-state index contributed by atoms with van der Waals surface area (Å²) in [4.78, 5) is 24.4. The van der Waals surface area contributed by atoms with Crippen molar-refractivity contribution in [1.29, 1.82) is 0 Å². The van der Waals surface area contributed by atoms with Crippen LogP contribution in [-0.4, -0.2) is 27.9 Å². The number of amidine groups is 1. The summed E-state index contributed by atoms with van der Waals surface area (Å²) in [5.74, 6) is -0.615. The van der Waals surface area contributed by atoms with Crippen molar-refractivity contribution in [3.05, 3.63) is 63.1 Å². The molecule has 1 atom stereocenters. The molecule has 1 aliphatic heterocycles. The Hall–Kier alpha value is -2.06. The van der Waals surface area contributed by atoms with E-state index in [1.54, 1.807) is 37.3 Å². The highest BCUT2D eigenvalue weighted by molar-refractivity contribution is 8.15. The van der Waals surface area contributed by atoms with E-state index >= 15 is 0 Å². The van der Waals surface area contributed by atoms with Crippen LogP contribution in [-0.2, 0) is 9.59 Å². The third kappa shape index (κ3) is 5.96. The number of carbonyl (C=O) groups excluding carboxylic acids is 2. The zero-order valence-electron chi connectivity index (χ0n) is 15.1. The smallest absolute Gasteiger partial charge is 0.240 e. The fraction of sp³-hybridized carbons (Fsp3) is 0.158. The van der Waals surface area contributed by atoms with E-state index in [1.165, 1.54) is 0 Å². The van der Waals surface area contributed by atoms with Crippen LogP contribution in [0.3, 0.4) is 0 Å². The van der Waals surface area contributed by atoms with Gasteiger partial charge in [0.25, 0.3) is 0 Å². The Kier molecular flexibility index (Phi) is 7.18. The Morgan fingerprint density at radius 1 is 1.14 bits per heavy atom. The first-order chi connectivity index (χ1) is 13.8. The van der Waals surface area contributed by atoms with Gasteiger partial charge in [0.1, 0.15) is 5.25 Å². The molecule has 2 amide bonds. The van der Waals surface area contributed by atoms with Gasteiger partial charge in [-0.25, -0.2) is 0 Å². The van der Waals surface area contributed by atoms with E-state index in [2.05, 4.69) is 20.8 Å². The second-order valence-corrected chi connectivity index (χ2v) is 8.52. The van der Waals surface area contributed by atoms with Gasteiger partial charge in [-0.1, -0.05) is 58.7 Å². The van der Waals surface area contributed by atoms with Crippen molar-refractivity contribution in [2.75, 3.05) is 5.32 Å². The lowest BCUT2D eigenvalue weighted by Gasteiger charge is -2.08. The van der Waals surface area contributed by atoms with Crippen LogP contribution < -0.4 is 10.6 Å². The molecule has 0 aliphatic carbocycles. The van der Waals surface area contributed by atoms with E-state index in [0.29, 0.717) is 31.6 Å². The monoisotopic (exact) mass is 468 g/mol. The van der Waals surface area contributed by atoms with Gasteiger partial charge in [-0.3, -0.25) is 9.59 Å². The average molecular weight is 470 g/mol. The fourth-order valence-electron chi connectivity index (χ4n) is 2.41. The first kappa shape index (κ1) is 21.6. The van der Waals surface area contributed by atoms with E-state index < -0.39 is 5.25 Å². The highest BCUT2D eigenvalue weighted by Gasteiger charge is 2.32. The minimum atomic E-state index is -0.595.